The molecule has 2 aromatic carbocycles. The van der Waals surface area contributed by atoms with Crippen LogP contribution in [0.25, 0.3) is 38.9 Å². The largest absolute Gasteiger partial charge is 0.452 e. The highest BCUT2D eigenvalue weighted by molar-refractivity contribution is 5.98. The number of fused-ring (bicyclic) bond motifs is 3. The fraction of sp³-hybridized carbons (Fsp3) is 0.0870. The van der Waals surface area contributed by atoms with Crippen LogP contribution < -0.4 is 5.73 Å². The van der Waals surface area contributed by atoms with Gasteiger partial charge in [0.25, 0.3) is 0 Å². The minimum absolute atomic E-state index is 0.111. The number of alkyl halides is 3. The number of halogens is 3. The molecule has 0 aliphatic rings. The molecule has 5 rings (SSSR count). The van der Waals surface area contributed by atoms with Gasteiger partial charge in [0.1, 0.15) is 0 Å². The van der Waals surface area contributed by atoms with Crippen molar-refractivity contribution in [1.82, 2.24) is 19.6 Å². The van der Waals surface area contributed by atoms with Gasteiger partial charge in [-0.15, -0.1) is 10.2 Å². The third kappa shape index (κ3) is 3.30. The Labute approximate surface area is 175 Å². The van der Waals surface area contributed by atoms with Crippen molar-refractivity contribution in [3.63, 3.8) is 0 Å². The van der Waals surface area contributed by atoms with Crippen LogP contribution in [0, 0.1) is 0 Å². The van der Waals surface area contributed by atoms with Crippen LogP contribution in [0.4, 0.5) is 13.2 Å². The molecule has 0 unspecified atom stereocenters. The second-order valence-corrected chi connectivity index (χ2v) is 7.12. The van der Waals surface area contributed by atoms with E-state index in [-0.39, 0.29) is 5.65 Å². The summed E-state index contributed by atoms with van der Waals surface area (Å²) >= 11 is 0. The zero-order valence-corrected chi connectivity index (χ0v) is 16.1. The maximum atomic E-state index is 13.3. The predicted octanol–water partition coefficient (Wildman–Crippen LogP) is 5.09. The standard InChI is InChI=1S/C23H16F3N5/c24-23(25,26)22-30-29-21-18-12-17(15-4-2-1-3-5-15)20(28-19(18)10-11-31(21)22)16-8-6-14(13-27)7-9-16/h1-12H,13,27H2. The van der Waals surface area contributed by atoms with Gasteiger partial charge in [-0.2, -0.15) is 13.2 Å². The smallest absolute Gasteiger partial charge is 0.326 e. The van der Waals surface area contributed by atoms with E-state index in [1.165, 1.54) is 6.20 Å². The molecule has 0 radical (unpaired) electrons. The van der Waals surface area contributed by atoms with Gasteiger partial charge in [0, 0.05) is 29.3 Å². The first-order chi connectivity index (χ1) is 15.0. The Bertz CT molecular complexity index is 1390. The third-order valence-electron chi connectivity index (χ3n) is 5.17. The van der Waals surface area contributed by atoms with Gasteiger partial charge in [0.15, 0.2) is 5.65 Å². The molecule has 154 valence electrons. The highest BCUT2D eigenvalue weighted by Crippen LogP contribution is 2.35. The van der Waals surface area contributed by atoms with Crippen molar-refractivity contribution < 1.29 is 13.2 Å². The number of pyridine rings is 2. The van der Waals surface area contributed by atoms with Crippen LogP contribution in [0.15, 0.2) is 72.9 Å². The first-order valence-electron chi connectivity index (χ1n) is 9.56. The van der Waals surface area contributed by atoms with E-state index in [1.54, 1.807) is 6.07 Å². The fourth-order valence-corrected chi connectivity index (χ4v) is 3.64. The van der Waals surface area contributed by atoms with Gasteiger partial charge in [-0.3, -0.25) is 4.40 Å². The number of aromatic nitrogens is 4. The van der Waals surface area contributed by atoms with E-state index < -0.39 is 12.0 Å². The van der Waals surface area contributed by atoms with Crippen LogP contribution in [-0.2, 0) is 12.7 Å². The molecule has 0 saturated carbocycles. The molecule has 2 N–H and O–H groups in total. The Morgan fingerprint density at radius 1 is 0.871 bits per heavy atom. The highest BCUT2D eigenvalue weighted by Gasteiger charge is 2.37. The van der Waals surface area contributed by atoms with E-state index in [4.69, 9.17) is 10.7 Å². The Morgan fingerprint density at radius 2 is 1.61 bits per heavy atom. The van der Waals surface area contributed by atoms with Crippen LogP contribution in [0.5, 0.6) is 0 Å². The number of nitrogens with zero attached hydrogens (tertiary/aromatic N) is 4. The molecular weight excluding hydrogens is 403 g/mol. The van der Waals surface area contributed by atoms with Gasteiger partial charge in [-0.1, -0.05) is 54.6 Å². The molecule has 3 aromatic heterocycles. The van der Waals surface area contributed by atoms with Gasteiger partial charge >= 0.3 is 6.18 Å². The van der Waals surface area contributed by atoms with Crippen molar-refractivity contribution in [3.8, 4) is 22.4 Å². The van der Waals surface area contributed by atoms with Crippen LogP contribution in [0.2, 0.25) is 0 Å². The van der Waals surface area contributed by atoms with E-state index in [0.717, 1.165) is 32.3 Å². The number of hydrogen-bond donors (Lipinski definition) is 1. The Hall–Kier alpha value is -3.78. The molecule has 0 bridgehead atoms. The van der Waals surface area contributed by atoms with Crippen LogP contribution in [0.1, 0.15) is 11.4 Å². The second kappa shape index (κ2) is 7.17. The molecule has 0 spiro atoms. The summed E-state index contributed by atoms with van der Waals surface area (Å²) in [6.45, 7) is 0.434. The van der Waals surface area contributed by atoms with E-state index in [1.807, 2.05) is 60.7 Å². The van der Waals surface area contributed by atoms with Gasteiger partial charge < -0.3 is 5.73 Å². The number of nitrogens with two attached hydrogens (primary N) is 1. The molecule has 0 atom stereocenters. The number of rotatable bonds is 3. The summed E-state index contributed by atoms with van der Waals surface area (Å²) in [6.07, 6.45) is -3.30. The molecule has 5 nitrogen and oxygen atoms in total. The van der Waals surface area contributed by atoms with Crippen LogP contribution in [0.3, 0.4) is 0 Å². The average molecular weight is 419 g/mol. The van der Waals surface area contributed by atoms with Gasteiger partial charge in [0.2, 0.25) is 5.82 Å². The monoisotopic (exact) mass is 419 g/mol. The third-order valence-corrected chi connectivity index (χ3v) is 5.17. The highest BCUT2D eigenvalue weighted by atomic mass is 19.4. The number of hydrogen-bond acceptors (Lipinski definition) is 4. The van der Waals surface area contributed by atoms with E-state index in [9.17, 15) is 13.2 Å². The molecule has 31 heavy (non-hydrogen) atoms. The Kier molecular flexibility index (Phi) is 4.44. The van der Waals surface area contributed by atoms with Crippen LogP contribution >= 0.6 is 0 Å². The lowest BCUT2D eigenvalue weighted by Gasteiger charge is -2.13. The minimum atomic E-state index is -4.60. The molecule has 0 fully saturated rings. The molecule has 3 heterocycles. The normalized spacial score (nSPS) is 12.0. The van der Waals surface area contributed by atoms with Crippen molar-refractivity contribution in [2.24, 2.45) is 5.73 Å². The average Bonchev–Trinajstić information content (AvgIpc) is 3.24. The molecule has 0 aliphatic carbocycles. The summed E-state index contributed by atoms with van der Waals surface area (Å²) in [5, 5.41) is 7.67. The summed E-state index contributed by atoms with van der Waals surface area (Å²) in [6, 6.07) is 20.7. The zero-order valence-electron chi connectivity index (χ0n) is 16.1. The second-order valence-electron chi connectivity index (χ2n) is 7.12. The maximum Gasteiger partial charge on any atom is 0.452 e. The molecule has 0 saturated heterocycles. The first kappa shape index (κ1) is 19.2. The maximum absolute atomic E-state index is 13.3. The first-order valence-corrected chi connectivity index (χ1v) is 9.56. The van der Waals surface area contributed by atoms with Crippen LogP contribution in [-0.4, -0.2) is 19.6 Å². The minimum Gasteiger partial charge on any atom is -0.326 e. The Balaban J connectivity index is 1.81. The van der Waals surface area contributed by atoms with Gasteiger partial charge in [0.05, 0.1) is 11.2 Å². The Morgan fingerprint density at radius 3 is 2.29 bits per heavy atom. The molecule has 0 aliphatic heterocycles. The molecular formula is C23H16F3N5. The molecule has 8 heteroatoms. The summed E-state index contributed by atoms with van der Waals surface area (Å²) in [5.74, 6) is -1.06. The lowest BCUT2D eigenvalue weighted by atomic mass is 9.97. The summed E-state index contributed by atoms with van der Waals surface area (Å²) < 4.78 is 40.8. The summed E-state index contributed by atoms with van der Waals surface area (Å²) in [7, 11) is 0. The van der Waals surface area contributed by atoms with E-state index in [2.05, 4.69) is 10.2 Å². The van der Waals surface area contributed by atoms with Crippen molar-refractivity contribution in [2.45, 2.75) is 12.7 Å². The van der Waals surface area contributed by atoms with E-state index in [0.29, 0.717) is 17.4 Å². The number of benzene rings is 2. The SMILES string of the molecule is NCc1ccc(-c2nc3ccn4c(C(F)(F)F)nnc4c3cc2-c2ccccc2)cc1. The summed E-state index contributed by atoms with van der Waals surface area (Å²) in [4.78, 5) is 4.81. The lowest BCUT2D eigenvalue weighted by Crippen LogP contribution is -2.10. The van der Waals surface area contributed by atoms with Crippen molar-refractivity contribution in [1.29, 1.82) is 0 Å². The predicted molar refractivity (Wildman–Crippen MR) is 112 cm³/mol. The topological polar surface area (TPSA) is 69.1 Å². The van der Waals surface area contributed by atoms with Gasteiger partial charge in [-0.05, 0) is 23.3 Å². The lowest BCUT2D eigenvalue weighted by molar-refractivity contribution is -0.145. The quantitative estimate of drug-likeness (QED) is 0.442. The molecule has 5 aromatic rings. The fourth-order valence-electron chi connectivity index (χ4n) is 3.64. The summed E-state index contributed by atoms with van der Waals surface area (Å²) in [5.41, 5.74) is 10.6. The van der Waals surface area contributed by atoms with Crippen molar-refractivity contribution >= 4 is 16.6 Å². The van der Waals surface area contributed by atoms with E-state index >= 15 is 0 Å². The van der Waals surface area contributed by atoms with Gasteiger partial charge in [-0.25, -0.2) is 4.98 Å². The van der Waals surface area contributed by atoms with Crippen molar-refractivity contribution in [2.75, 3.05) is 0 Å². The molecule has 0 amide bonds. The zero-order chi connectivity index (χ0) is 21.6. The van der Waals surface area contributed by atoms with Crippen molar-refractivity contribution in [3.05, 3.63) is 84.3 Å².